The molecule has 2 rings (SSSR count). The lowest BCUT2D eigenvalue weighted by molar-refractivity contribution is -0.143. The van der Waals surface area contributed by atoms with Gasteiger partial charge >= 0.3 is 17.8 Å². The van der Waals surface area contributed by atoms with Crippen molar-refractivity contribution in [3.8, 4) is 11.5 Å². The van der Waals surface area contributed by atoms with Crippen molar-refractivity contribution < 1.29 is 23.9 Å². The molecule has 8 nitrogen and oxygen atoms in total. The van der Waals surface area contributed by atoms with E-state index in [1.165, 1.54) is 0 Å². The minimum absolute atomic E-state index is 0.0391. The van der Waals surface area contributed by atoms with Crippen LogP contribution in [0.2, 0.25) is 0 Å². The Morgan fingerprint density at radius 1 is 1.00 bits per heavy atom. The molecule has 1 fully saturated rings. The zero-order valence-electron chi connectivity index (χ0n) is 15.9. The van der Waals surface area contributed by atoms with Crippen molar-refractivity contribution in [2.24, 2.45) is 0 Å². The first-order chi connectivity index (χ1) is 12.3. The quantitative estimate of drug-likeness (QED) is 0.516. The van der Waals surface area contributed by atoms with E-state index in [0.717, 1.165) is 20.9 Å². The molecule has 1 aromatic rings. The van der Waals surface area contributed by atoms with Crippen molar-refractivity contribution in [1.29, 1.82) is 0 Å². The lowest BCUT2D eigenvalue weighted by Crippen LogP contribution is -2.40. The SMILES string of the molecule is CCCN1C(=O)C(=O)N(CN(C)Cc2cc(OC)c(OC)cc2C)C1=O. The number of imide groups is 2. The number of carbonyl (C=O) groups is 3. The highest BCUT2D eigenvalue weighted by Crippen LogP contribution is 2.30. The molecule has 1 aliphatic heterocycles. The molecule has 4 amide bonds. The lowest BCUT2D eigenvalue weighted by Gasteiger charge is -2.23. The maximum atomic E-state index is 12.3. The normalized spacial score (nSPS) is 14.6. The van der Waals surface area contributed by atoms with Gasteiger partial charge in [0.05, 0.1) is 20.9 Å². The molecular formula is C18H25N3O5. The first-order valence-corrected chi connectivity index (χ1v) is 8.41. The molecule has 8 heteroatoms. The van der Waals surface area contributed by atoms with E-state index in [0.29, 0.717) is 24.5 Å². The number of carbonyl (C=O) groups excluding carboxylic acids is 3. The van der Waals surface area contributed by atoms with E-state index < -0.39 is 17.8 Å². The fraction of sp³-hybridized carbons (Fsp3) is 0.500. The average Bonchev–Trinajstić information content (AvgIpc) is 2.81. The Bertz CT molecular complexity index is 719. The zero-order valence-corrected chi connectivity index (χ0v) is 15.9. The molecule has 0 N–H and O–H groups in total. The summed E-state index contributed by atoms with van der Waals surface area (Å²) in [7, 11) is 4.92. The van der Waals surface area contributed by atoms with Gasteiger partial charge in [-0.3, -0.25) is 19.4 Å². The second-order valence-corrected chi connectivity index (χ2v) is 6.26. The molecule has 0 bridgehead atoms. The van der Waals surface area contributed by atoms with Gasteiger partial charge in [0.2, 0.25) is 0 Å². The molecule has 0 aliphatic carbocycles. The summed E-state index contributed by atoms with van der Waals surface area (Å²) in [6, 6.07) is 3.19. The molecular weight excluding hydrogens is 338 g/mol. The molecule has 0 unspecified atom stereocenters. The standard InChI is InChI=1S/C18H25N3O5/c1-6-7-20-16(22)17(23)21(18(20)24)11-19(3)10-13-9-15(26-5)14(25-4)8-12(13)2/h8-9H,6-7,10-11H2,1-5H3. The third-order valence-electron chi connectivity index (χ3n) is 4.25. The molecule has 0 saturated carbocycles. The number of aryl methyl sites for hydroxylation is 1. The van der Waals surface area contributed by atoms with Gasteiger partial charge in [-0.2, -0.15) is 0 Å². The largest absolute Gasteiger partial charge is 0.493 e. The van der Waals surface area contributed by atoms with Gasteiger partial charge in [-0.25, -0.2) is 9.69 Å². The topological polar surface area (TPSA) is 79.4 Å². The Morgan fingerprint density at radius 2 is 1.58 bits per heavy atom. The van der Waals surface area contributed by atoms with Crippen LogP contribution in [-0.2, 0) is 16.1 Å². The number of nitrogens with zero attached hydrogens (tertiary/aromatic N) is 3. The van der Waals surface area contributed by atoms with Crippen LogP contribution >= 0.6 is 0 Å². The Balaban J connectivity index is 2.12. The van der Waals surface area contributed by atoms with E-state index >= 15 is 0 Å². The van der Waals surface area contributed by atoms with Crippen molar-refractivity contribution in [3.05, 3.63) is 23.3 Å². The second-order valence-electron chi connectivity index (χ2n) is 6.26. The predicted octanol–water partition coefficient (Wildman–Crippen LogP) is 1.60. The number of hydrogen-bond donors (Lipinski definition) is 0. The number of rotatable bonds is 8. The van der Waals surface area contributed by atoms with Gasteiger partial charge in [0, 0.05) is 13.1 Å². The molecule has 0 spiro atoms. The van der Waals surface area contributed by atoms with E-state index in [9.17, 15) is 14.4 Å². The fourth-order valence-electron chi connectivity index (χ4n) is 2.87. The van der Waals surface area contributed by atoms with Crippen LogP contribution in [0, 0.1) is 6.92 Å². The molecule has 0 atom stereocenters. The molecule has 26 heavy (non-hydrogen) atoms. The third-order valence-corrected chi connectivity index (χ3v) is 4.25. The summed E-state index contributed by atoms with van der Waals surface area (Å²) in [5, 5.41) is 0. The van der Waals surface area contributed by atoms with Crippen LogP contribution in [0.5, 0.6) is 11.5 Å². The summed E-state index contributed by atoms with van der Waals surface area (Å²) in [6.07, 6.45) is 0.610. The van der Waals surface area contributed by atoms with E-state index in [1.807, 2.05) is 26.0 Å². The summed E-state index contributed by atoms with van der Waals surface area (Å²) in [5.74, 6) is -0.284. The number of hydrogen-bond acceptors (Lipinski definition) is 6. The summed E-state index contributed by atoms with van der Waals surface area (Å²) >= 11 is 0. The molecule has 0 radical (unpaired) electrons. The molecule has 142 valence electrons. The van der Waals surface area contributed by atoms with Crippen LogP contribution in [0.1, 0.15) is 24.5 Å². The molecule has 1 saturated heterocycles. The van der Waals surface area contributed by atoms with Crippen molar-refractivity contribution in [1.82, 2.24) is 14.7 Å². The first-order valence-electron chi connectivity index (χ1n) is 8.41. The smallest absolute Gasteiger partial charge is 0.335 e. The number of ether oxygens (including phenoxy) is 2. The van der Waals surface area contributed by atoms with Gasteiger partial charge in [0.25, 0.3) is 0 Å². The maximum absolute atomic E-state index is 12.3. The highest BCUT2D eigenvalue weighted by molar-refractivity contribution is 6.44. The van der Waals surface area contributed by atoms with E-state index in [2.05, 4.69) is 0 Å². The highest BCUT2D eigenvalue weighted by Gasteiger charge is 2.44. The summed E-state index contributed by atoms with van der Waals surface area (Å²) in [4.78, 5) is 40.1. The van der Waals surface area contributed by atoms with E-state index in [-0.39, 0.29) is 13.2 Å². The monoisotopic (exact) mass is 363 g/mol. The Labute approximate surface area is 153 Å². The van der Waals surface area contributed by atoms with Crippen molar-refractivity contribution in [3.63, 3.8) is 0 Å². The van der Waals surface area contributed by atoms with Gasteiger partial charge in [0.15, 0.2) is 11.5 Å². The van der Waals surface area contributed by atoms with Crippen LogP contribution in [0.25, 0.3) is 0 Å². The Kier molecular flexibility index (Phi) is 6.20. The number of benzene rings is 1. The van der Waals surface area contributed by atoms with Crippen molar-refractivity contribution in [2.75, 3.05) is 34.5 Å². The van der Waals surface area contributed by atoms with Crippen LogP contribution in [-0.4, -0.2) is 67.0 Å². The zero-order chi connectivity index (χ0) is 19.4. The Morgan fingerprint density at radius 3 is 2.15 bits per heavy atom. The highest BCUT2D eigenvalue weighted by atomic mass is 16.5. The van der Waals surface area contributed by atoms with E-state index in [1.54, 1.807) is 26.2 Å². The first kappa shape index (κ1) is 19.7. The van der Waals surface area contributed by atoms with Gasteiger partial charge in [0.1, 0.15) is 0 Å². The van der Waals surface area contributed by atoms with Crippen LogP contribution < -0.4 is 9.47 Å². The van der Waals surface area contributed by atoms with Crippen molar-refractivity contribution in [2.45, 2.75) is 26.8 Å². The van der Waals surface area contributed by atoms with Gasteiger partial charge < -0.3 is 9.47 Å². The van der Waals surface area contributed by atoms with E-state index in [4.69, 9.17) is 9.47 Å². The minimum Gasteiger partial charge on any atom is -0.493 e. The summed E-state index contributed by atoms with van der Waals surface area (Å²) in [6.45, 7) is 4.56. The maximum Gasteiger partial charge on any atom is 0.335 e. The molecule has 0 aromatic heterocycles. The molecule has 1 aliphatic rings. The number of amides is 4. The van der Waals surface area contributed by atoms with Gasteiger partial charge in [-0.1, -0.05) is 6.92 Å². The lowest BCUT2D eigenvalue weighted by atomic mass is 10.1. The third kappa shape index (κ3) is 3.80. The fourth-order valence-corrected chi connectivity index (χ4v) is 2.87. The van der Waals surface area contributed by atoms with Crippen LogP contribution in [0.3, 0.4) is 0 Å². The Hall–Kier alpha value is -2.61. The number of urea groups is 1. The second kappa shape index (κ2) is 8.18. The van der Waals surface area contributed by atoms with Gasteiger partial charge in [-0.05, 0) is 43.7 Å². The summed E-state index contributed by atoms with van der Waals surface area (Å²) < 4.78 is 10.6. The molecule has 1 heterocycles. The minimum atomic E-state index is -0.778. The van der Waals surface area contributed by atoms with Crippen molar-refractivity contribution >= 4 is 17.8 Å². The van der Waals surface area contributed by atoms with Crippen LogP contribution in [0.15, 0.2) is 12.1 Å². The summed E-state index contributed by atoms with van der Waals surface area (Å²) in [5.41, 5.74) is 1.97. The number of methoxy groups -OCH3 is 2. The molecule has 1 aromatic carbocycles. The predicted molar refractivity (Wildman–Crippen MR) is 94.9 cm³/mol. The van der Waals surface area contributed by atoms with Gasteiger partial charge in [-0.15, -0.1) is 0 Å². The van der Waals surface area contributed by atoms with Crippen LogP contribution in [0.4, 0.5) is 4.79 Å². The average molecular weight is 363 g/mol.